The summed E-state index contributed by atoms with van der Waals surface area (Å²) in [7, 11) is 0. The molecule has 1 aromatic carbocycles. The number of cyclic esters (lactones) is 1. The van der Waals surface area contributed by atoms with Crippen molar-refractivity contribution in [3.8, 4) is 11.4 Å². The smallest absolute Gasteiger partial charge is 0.343 e. The van der Waals surface area contributed by atoms with E-state index in [1.54, 1.807) is 47.6 Å². The molecule has 0 radical (unpaired) electrons. The molecule has 8 rings (SSSR count). The summed E-state index contributed by atoms with van der Waals surface area (Å²) in [5.41, 5.74) is 5.23. The van der Waals surface area contributed by atoms with E-state index in [0.29, 0.717) is 51.9 Å². The quantitative estimate of drug-likeness (QED) is 0.0162. The maximum absolute atomic E-state index is 15.6. The van der Waals surface area contributed by atoms with E-state index in [4.69, 9.17) is 34.4 Å². The number of fused-ring (bicyclic) bond motifs is 5. The third-order valence-corrected chi connectivity index (χ3v) is 15.8. The zero-order valence-electron chi connectivity index (χ0n) is 46.5. The van der Waals surface area contributed by atoms with Gasteiger partial charge >= 0.3 is 11.9 Å². The fourth-order valence-electron chi connectivity index (χ4n) is 10.9. The van der Waals surface area contributed by atoms with Crippen molar-refractivity contribution in [3.05, 3.63) is 73.8 Å². The van der Waals surface area contributed by atoms with E-state index in [9.17, 15) is 68.7 Å². The number of esters is 1. The van der Waals surface area contributed by atoms with Crippen molar-refractivity contribution in [1.29, 1.82) is 0 Å². The van der Waals surface area contributed by atoms with Crippen molar-refractivity contribution in [1.82, 2.24) is 35.7 Å². The first-order chi connectivity index (χ1) is 39.2. The number of rotatable bonds is 24. The van der Waals surface area contributed by atoms with Gasteiger partial charge in [-0.05, 0) is 75.1 Å². The average Bonchev–Trinajstić information content (AvgIpc) is 1.84. The number of nitrogens with zero attached hydrogens (tertiary/aromatic N) is 3. The molecule has 6 amide bonds. The number of hydrogen-bond acceptors (Lipinski definition) is 20. The number of nitrogens with two attached hydrogens (primary N) is 1. The van der Waals surface area contributed by atoms with Crippen LogP contribution in [0.3, 0.4) is 0 Å². The Labute approximate surface area is 474 Å². The lowest BCUT2D eigenvalue weighted by atomic mass is 9.81. The monoisotopic (exact) mass is 1160 g/mol. The van der Waals surface area contributed by atoms with E-state index < -0.39 is 144 Å². The molecule has 4 aliphatic heterocycles. The minimum Gasteiger partial charge on any atom is -0.479 e. The van der Waals surface area contributed by atoms with Gasteiger partial charge in [-0.2, -0.15) is 0 Å². The molecule has 1 aliphatic carbocycles. The standard InChI is InChI=1S/C55H69FN8O19/c1-7-55(78)30-16-35-42-28(19-63(35)49(73)29(30)20-82-53(55)77)40-32(9-8-27-25(4)31(56)17-33(59-42)39(27)40)61-52(76)54(5,6)22-80-23-58-47(71)34(21-81-51-45(70)43(68)44(69)46(83-51)50(74)75)60-48(72)41(24(2)3)62-36(65)13-15-79-14-12-26(18-57)64-37(66)10-11-38(64)67/h10-11,16-17,24,26,32,34,41,43-46,51,68-70,78H,7-9,12-15,18-23,57H2,1-6H3,(H,58,71)(H,60,72)(H,61,76)(H,62,65)(H,74,75)/t26-,32+,34+,41+,43+,44+,45-,46+,51-,55+/m1/s1. The van der Waals surface area contributed by atoms with Gasteiger partial charge in [-0.1, -0.05) is 20.8 Å². The Kier molecular flexibility index (Phi) is 18.6. The molecular formula is C55H69FN8O19. The molecule has 11 N–H and O–H groups in total. The highest BCUT2D eigenvalue weighted by atomic mass is 19.1. The molecule has 0 unspecified atom stereocenters. The largest absolute Gasteiger partial charge is 0.479 e. The van der Waals surface area contributed by atoms with Crippen LogP contribution in [-0.2, 0) is 87.2 Å². The van der Waals surface area contributed by atoms with Crippen LogP contribution in [0.5, 0.6) is 0 Å². The minimum atomic E-state index is -2.09. The second-order valence-corrected chi connectivity index (χ2v) is 22.1. The second-order valence-electron chi connectivity index (χ2n) is 22.1. The second kappa shape index (κ2) is 25.0. The van der Waals surface area contributed by atoms with Gasteiger partial charge in [0.2, 0.25) is 23.6 Å². The maximum atomic E-state index is 15.6. The topological polar surface area (TPSA) is 396 Å². The lowest BCUT2D eigenvalue weighted by molar-refractivity contribution is -0.294. The number of aliphatic carboxylic acids is 1. The normalized spacial score (nSPS) is 23.7. The molecule has 27 nitrogen and oxygen atoms in total. The van der Waals surface area contributed by atoms with Crippen LogP contribution < -0.4 is 32.6 Å². The minimum absolute atomic E-state index is 0.00549. The van der Waals surface area contributed by atoms with Crippen LogP contribution in [0.15, 0.2) is 29.1 Å². The third kappa shape index (κ3) is 12.3. The highest BCUT2D eigenvalue weighted by Gasteiger charge is 2.49. The molecule has 2 aromatic heterocycles. The number of carboxylic acids is 1. The number of aryl methyl sites for hydroxylation is 1. The fraction of sp³-hybridized carbons (Fsp3) is 0.564. The summed E-state index contributed by atoms with van der Waals surface area (Å²) in [6.45, 7) is 7.41. The highest BCUT2D eigenvalue weighted by molar-refractivity contribution is 6.13. The van der Waals surface area contributed by atoms with Crippen LogP contribution in [0.2, 0.25) is 0 Å². The van der Waals surface area contributed by atoms with Crippen LogP contribution in [0.4, 0.5) is 4.39 Å². The molecule has 83 heavy (non-hydrogen) atoms. The lowest BCUT2D eigenvalue weighted by Gasteiger charge is -2.38. The SMILES string of the molecule is CC[C@@]1(O)C(=O)OCc2c1cc1n(c2=O)Cc2c-1nc1cc(F)c(C)c3c1c2[C@@H](NC(=O)C(C)(C)COCNC(=O)[C@H](CO[C@@H]1O[C@H](C(=O)O)[C@@H](O)[C@H](O)[C@H]1O)NC(=O)[C@@H](NC(=O)CCOCC[C@H](CN)N1C(=O)C=CC1=O)C(C)C)CC3. The Morgan fingerprint density at radius 1 is 0.964 bits per heavy atom. The Morgan fingerprint density at radius 2 is 1.67 bits per heavy atom. The number of hydrogen-bond donors (Lipinski definition) is 10. The molecule has 10 atom stereocenters. The van der Waals surface area contributed by atoms with Crippen LogP contribution in [0.25, 0.3) is 22.3 Å². The van der Waals surface area contributed by atoms with Gasteiger partial charge in [0.1, 0.15) is 49.6 Å². The van der Waals surface area contributed by atoms with Crippen LogP contribution in [0, 0.1) is 24.1 Å². The van der Waals surface area contributed by atoms with E-state index in [0.717, 1.165) is 17.1 Å². The van der Waals surface area contributed by atoms with E-state index >= 15 is 4.39 Å². The number of halogens is 1. The number of ether oxygens (including phenoxy) is 5. The summed E-state index contributed by atoms with van der Waals surface area (Å²) in [5, 5.41) is 63.5. The number of imide groups is 1. The number of benzene rings is 1. The average molecular weight is 1170 g/mol. The van der Waals surface area contributed by atoms with Crippen LogP contribution in [-0.4, -0.2) is 176 Å². The number of aliphatic hydroxyl groups is 4. The van der Waals surface area contributed by atoms with E-state index in [-0.39, 0.29) is 75.4 Å². The Hall–Kier alpha value is -7.15. The first-order valence-corrected chi connectivity index (χ1v) is 27.2. The highest BCUT2D eigenvalue weighted by Crippen LogP contribution is 2.46. The molecule has 28 heteroatoms. The van der Waals surface area contributed by atoms with Gasteiger partial charge in [-0.3, -0.25) is 38.5 Å². The molecule has 0 bridgehead atoms. The summed E-state index contributed by atoms with van der Waals surface area (Å²) < 4.78 is 44.4. The molecule has 5 aliphatic rings. The van der Waals surface area contributed by atoms with E-state index in [1.165, 1.54) is 10.6 Å². The number of aromatic nitrogens is 2. The van der Waals surface area contributed by atoms with Gasteiger partial charge in [0.25, 0.3) is 17.4 Å². The van der Waals surface area contributed by atoms with Crippen molar-refractivity contribution in [2.45, 2.75) is 147 Å². The zero-order chi connectivity index (χ0) is 60.6. The van der Waals surface area contributed by atoms with E-state index in [2.05, 4.69) is 21.3 Å². The molecule has 450 valence electrons. The zero-order valence-corrected chi connectivity index (χ0v) is 46.5. The number of carboxylic acid groups (broad SMARTS) is 1. The van der Waals surface area contributed by atoms with Gasteiger partial charge in [-0.25, -0.2) is 19.0 Å². The van der Waals surface area contributed by atoms with Gasteiger partial charge in [0.05, 0.1) is 66.3 Å². The van der Waals surface area contributed by atoms with Crippen LogP contribution >= 0.6 is 0 Å². The number of nitrogens with one attached hydrogen (secondary N) is 4. The Morgan fingerprint density at radius 3 is 2.34 bits per heavy atom. The molecule has 0 saturated carbocycles. The molecule has 1 fully saturated rings. The number of pyridine rings is 2. The molecule has 0 spiro atoms. The summed E-state index contributed by atoms with van der Waals surface area (Å²) >= 11 is 0. The molecular weight excluding hydrogens is 1100 g/mol. The number of carbonyl (C=O) groups is 8. The number of amides is 6. The van der Waals surface area contributed by atoms with Crippen molar-refractivity contribution in [2.24, 2.45) is 17.1 Å². The predicted molar refractivity (Wildman–Crippen MR) is 284 cm³/mol. The van der Waals surface area contributed by atoms with E-state index in [1.807, 2.05) is 0 Å². The van der Waals surface area contributed by atoms with Gasteiger partial charge in [-0.15, -0.1) is 0 Å². The van der Waals surface area contributed by atoms with Crippen molar-refractivity contribution >= 4 is 58.3 Å². The Bertz CT molecular complexity index is 3190. The van der Waals surface area contributed by atoms with Crippen molar-refractivity contribution < 1.29 is 92.0 Å². The summed E-state index contributed by atoms with van der Waals surface area (Å²) in [6, 6.07) is -1.47. The predicted octanol–water partition coefficient (Wildman–Crippen LogP) is -1.67. The lowest BCUT2D eigenvalue weighted by Crippen LogP contribution is -2.61. The first-order valence-electron chi connectivity index (χ1n) is 27.2. The fourth-order valence-corrected chi connectivity index (χ4v) is 10.9. The van der Waals surface area contributed by atoms with Gasteiger partial charge in [0.15, 0.2) is 18.0 Å². The Balaban J connectivity index is 0.930. The molecule has 1 saturated heterocycles. The van der Waals surface area contributed by atoms with Gasteiger partial charge in [0, 0.05) is 54.3 Å². The third-order valence-electron chi connectivity index (χ3n) is 15.8. The van der Waals surface area contributed by atoms with Crippen molar-refractivity contribution in [3.63, 3.8) is 0 Å². The maximum Gasteiger partial charge on any atom is 0.343 e. The molecule has 6 heterocycles. The molecule has 3 aromatic rings. The summed E-state index contributed by atoms with van der Waals surface area (Å²) in [5.74, 6) is -7.71. The van der Waals surface area contributed by atoms with Gasteiger partial charge < -0.3 is 80.8 Å². The summed E-state index contributed by atoms with van der Waals surface area (Å²) in [4.78, 5) is 124. The van der Waals surface area contributed by atoms with Crippen LogP contribution in [0.1, 0.15) is 99.7 Å². The van der Waals surface area contributed by atoms with Crippen molar-refractivity contribution in [2.75, 3.05) is 39.7 Å². The first kappa shape index (κ1) is 61.9. The summed E-state index contributed by atoms with van der Waals surface area (Å²) in [6.07, 6.45) is -7.34. The number of carbonyl (C=O) groups excluding carboxylic acids is 7. The number of aliphatic hydroxyl groups excluding tert-OH is 3.